The fourth-order valence-corrected chi connectivity index (χ4v) is 3.74. The molecule has 0 aliphatic rings. The molecule has 0 radical (unpaired) electrons. The molecule has 2 heterocycles. The molecule has 0 aliphatic carbocycles. The number of carbonyl (C=O) groups is 1. The van der Waals surface area contributed by atoms with Crippen molar-refractivity contribution in [2.75, 3.05) is 17.2 Å². The van der Waals surface area contributed by atoms with E-state index in [1.807, 2.05) is 60.7 Å². The Morgan fingerprint density at radius 2 is 1.79 bits per heavy atom. The van der Waals surface area contributed by atoms with Gasteiger partial charge in [0.05, 0.1) is 29.1 Å². The smallest absolute Gasteiger partial charge is 0.238 e. The quantitative estimate of drug-likeness (QED) is 0.280. The molecular formula is C21H16N6OS. The molecule has 8 heteroatoms. The van der Waals surface area contributed by atoms with E-state index in [9.17, 15) is 4.79 Å². The van der Waals surface area contributed by atoms with Gasteiger partial charge < -0.3 is 0 Å². The van der Waals surface area contributed by atoms with Crippen LogP contribution < -0.4 is 4.90 Å². The molecule has 0 spiro atoms. The average Bonchev–Trinajstić information content (AvgIpc) is 3.22. The largest absolute Gasteiger partial charge is 0.298 e. The van der Waals surface area contributed by atoms with Crippen LogP contribution in [-0.4, -0.2) is 38.0 Å². The van der Waals surface area contributed by atoms with Gasteiger partial charge >= 0.3 is 0 Å². The van der Waals surface area contributed by atoms with Gasteiger partial charge in [-0.15, -0.1) is 0 Å². The van der Waals surface area contributed by atoms with Crippen molar-refractivity contribution in [2.24, 2.45) is 0 Å². The Balaban J connectivity index is 1.56. The first-order chi connectivity index (χ1) is 14.3. The number of aromatic nitrogens is 4. The second-order valence-electron chi connectivity index (χ2n) is 6.07. The average molecular weight is 400 g/mol. The molecule has 0 saturated carbocycles. The van der Waals surface area contributed by atoms with Gasteiger partial charge in [-0.25, -0.2) is 14.6 Å². The lowest BCUT2D eigenvalue weighted by Crippen LogP contribution is -2.32. The van der Waals surface area contributed by atoms with Crippen LogP contribution in [0.4, 0.5) is 5.69 Å². The Labute approximate surface area is 171 Å². The molecule has 0 N–H and O–H groups in total. The minimum atomic E-state index is -0.162. The number of carbonyl (C=O) groups excluding carboxylic acids is 1. The molecule has 0 bridgehead atoms. The van der Waals surface area contributed by atoms with Gasteiger partial charge in [0.25, 0.3) is 0 Å². The van der Waals surface area contributed by atoms with Crippen molar-refractivity contribution in [1.29, 1.82) is 5.26 Å². The molecule has 2 aromatic carbocycles. The van der Waals surface area contributed by atoms with Crippen LogP contribution in [0.25, 0.3) is 16.7 Å². The fourth-order valence-electron chi connectivity index (χ4n) is 2.91. The first-order valence-electron chi connectivity index (χ1n) is 8.87. The summed E-state index contributed by atoms with van der Waals surface area (Å²) in [6, 6.07) is 20.9. The number of para-hydroxylation sites is 2. The van der Waals surface area contributed by atoms with Crippen LogP contribution in [0.2, 0.25) is 0 Å². The third kappa shape index (κ3) is 3.95. The lowest BCUT2D eigenvalue weighted by atomic mass is 10.3. The standard InChI is InChI=1S/C21H16N6OS/c22-11-12-26(16-7-3-1-4-8-16)19(28)14-29-21-18-13-25-27(20(18)23-15-24-21)17-9-5-2-6-10-17/h1-10,13,15H,12,14H2. The Hall–Kier alpha value is -3.70. The zero-order valence-electron chi connectivity index (χ0n) is 15.3. The molecule has 1 amide bonds. The summed E-state index contributed by atoms with van der Waals surface area (Å²) in [6.07, 6.45) is 3.18. The molecule has 4 rings (SSSR count). The van der Waals surface area contributed by atoms with Gasteiger partial charge in [-0.05, 0) is 24.3 Å². The van der Waals surface area contributed by atoms with Crippen LogP contribution in [-0.2, 0) is 4.79 Å². The maximum absolute atomic E-state index is 12.8. The molecule has 4 aromatic rings. The van der Waals surface area contributed by atoms with E-state index in [0.29, 0.717) is 16.4 Å². The van der Waals surface area contributed by atoms with E-state index in [4.69, 9.17) is 5.26 Å². The lowest BCUT2D eigenvalue weighted by Gasteiger charge is -2.19. The third-order valence-electron chi connectivity index (χ3n) is 4.26. The molecule has 0 aliphatic heterocycles. The third-order valence-corrected chi connectivity index (χ3v) is 5.25. The maximum Gasteiger partial charge on any atom is 0.238 e. The van der Waals surface area contributed by atoms with Gasteiger partial charge in [0, 0.05) is 5.69 Å². The fraction of sp³-hybridized carbons (Fsp3) is 0.0952. The van der Waals surface area contributed by atoms with Gasteiger partial charge in [0.1, 0.15) is 17.9 Å². The van der Waals surface area contributed by atoms with Crippen LogP contribution in [0.15, 0.2) is 78.2 Å². The van der Waals surface area contributed by atoms with E-state index in [2.05, 4.69) is 21.1 Å². The monoisotopic (exact) mass is 400 g/mol. The highest BCUT2D eigenvalue weighted by Crippen LogP contribution is 2.26. The zero-order valence-corrected chi connectivity index (χ0v) is 16.2. The Morgan fingerprint density at radius 1 is 1.07 bits per heavy atom. The number of fused-ring (bicyclic) bond motifs is 1. The van der Waals surface area contributed by atoms with E-state index < -0.39 is 0 Å². The second kappa shape index (κ2) is 8.54. The summed E-state index contributed by atoms with van der Waals surface area (Å²) in [5, 5.41) is 15.0. The second-order valence-corrected chi connectivity index (χ2v) is 7.03. The van der Waals surface area contributed by atoms with Gasteiger partial charge in [-0.3, -0.25) is 9.69 Å². The highest BCUT2D eigenvalue weighted by atomic mass is 32.2. The first-order valence-corrected chi connectivity index (χ1v) is 9.86. The van der Waals surface area contributed by atoms with Gasteiger partial charge in [-0.1, -0.05) is 48.2 Å². The number of anilines is 1. The summed E-state index contributed by atoms with van der Waals surface area (Å²) in [6.45, 7) is -0.00543. The number of thioether (sulfide) groups is 1. The first kappa shape index (κ1) is 18.7. The highest BCUT2D eigenvalue weighted by molar-refractivity contribution is 8.00. The van der Waals surface area contributed by atoms with Crippen LogP contribution in [0.1, 0.15) is 0 Å². The van der Waals surface area contributed by atoms with Crippen molar-refractivity contribution in [2.45, 2.75) is 5.03 Å². The summed E-state index contributed by atoms with van der Waals surface area (Å²) in [4.78, 5) is 22.9. The summed E-state index contributed by atoms with van der Waals surface area (Å²) >= 11 is 1.31. The molecule has 0 atom stereocenters. The number of nitrogens with zero attached hydrogens (tertiary/aromatic N) is 6. The van der Waals surface area contributed by atoms with Crippen LogP contribution in [0, 0.1) is 11.3 Å². The van der Waals surface area contributed by atoms with Gasteiger partial charge in [0.2, 0.25) is 5.91 Å². The van der Waals surface area contributed by atoms with Crippen molar-refractivity contribution >= 4 is 34.4 Å². The minimum Gasteiger partial charge on any atom is -0.298 e. The Morgan fingerprint density at radius 3 is 2.52 bits per heavy atom. The normalized spacial score (nSPS) is 10.6. The topological polar surface area (TPSA) is 87.7 Å². The molecule has 29 heavy (non-hydrogen) atoms. The van der Waals surface area contributed by atoms with Crippen LogP contribution in [0.3, 0.4) is 0 Å². The van der Waals surface area contributed by atoms with E-state index in [0.717, 1.165) is 11.1 Å². The molecule has 142 valence electrons. The predicted octanol–water partition coefficient (Wildman–Crippen LogP) is 3.46. The number of nitriles is 1. The molecule has 7 nitrogen and oxygen atoms in total. The van der Waals surface area contributed by atoms with Crippen molar-refractivity contribution in [1.82, 2.24) is 19.7 Å². The van der Waals surface area contributed by atoms with Crippen molar-refractivity contribution in [3.05, 3.63) is 73.2 Å². The van der Waals surface area contributed by atoms with E-state index in [-0.39, 0.29) is 18.2 Å². The lowest BCUT2D eigenvalue weighted by molar-refractivity contribution is -0.116. The van der Waals surface area contributed by atoms with E-state index in [1.165, 1.54) is 23.0 Å². The number of hydrogen-bond donors (Lipinski definition) is 0. The predicted molar refractivity (Wildman–Crippen MR) is 112 cm³/mol. The van der Waals surface area contributed by atoms with Crippen LogP contribution in [0.5, 0.6) is 0 Å². The molecule has 0 fully saturated rings. The van der Waals surface area contributed by atoms with Gasteiger partial charge in [-0.2, -0.15) is 10.4 Å². The summed E-state index contributed by atoms with van der Waals surface area (Å²) in [5.41, 5.74) is 2.28. The number of rotatable bonds is 6. The highest BCUT2D eigenvalue weighted by Gasteiger charge is 2.18. The molecule has 0 saturated heterocycles. The molecular weight excluding hydrogens is 384 g/mol. The number of benzene rings is 2. The zero-order chi connectivity index (χ0) is 20.1. The van der Waals surface area contributed by atoms with Gasteiger partial charge in [0.15, 0.2) is 5.65 Å². The van der Waals surface area contributed by atoms with Crippen molar-refractivity contribution < 1.29 is 4.79 Å². The summed E-state index contributed by atoms with van der Waals surface area (Å²) in [7, 11) is 0. The summed E-state index contributed by atoms with van der Waals surface area (Å²) in [5.74, 6) is -0.0101. The SMILES string of the molecule is N#CCN(C(=O)CSc1ncnc2c1cnn2-c1ccccc1)c1ccccc1. The van der Waals surface area contributed by atoms with E-state index in [1.54, 1.807) is 10.9 Å². The number of amides is 1. The molecule has 2 aromatic heterocycles. The van der Waals surface area contributed by atoms with Crippen LogP contribution >= 0.6 is 11.8 Å². The number of hydrogen-bond acceptors (Lipinski definition) is 6. The maximum atomic E-state index is 12.8. The van der Waals surface area contributed by atoms with Crippen molar-refractivity contribution in [3.8, 4) is 11.8 Å². The van der Waals surface area contributed by atoms with E-state index >= 15 is 0 Å². The Bertz CT molecular complexity index is 1170. The summed E-state index contributed by atoms with van der Waals surface area (Å²) < 4.78 is 1.74. The molecule has 0 unspecified atom stereocenters. The van der Waals surface area contributed by atoms with Crippen molar-refractivity contribution in [3.63, 3.8) is 0 Å². The minimum absolute atomic E-state index is 0.00543. The Kier molecular flexibility index (Phi) is 5.49.